The number of carbonyl (C=O) groups excluding carboxylic acids is 1. The van der Waals surface area contributed by atoms with E-state index < -0.39 is 26.6 Å². The number of unbranched alkanes of at least 4 members (excludes halogenated alkanes) is 39. The highest BCUT2D eigenvalue weighted by atomic mass is 31.2. The van der Waals surface area contributed by atoms with Gasteiger partial charge >= 0.3 is 0 Å². The van der Waals surface area contributed by atoms with Crippen LogP contribution >= 0.6 is 7.82 Å². The predicted molar refractivity (Wildman–Crippen MR) is 371 cm³/mol. The van der Waals surface area contributed by atoms with Crippen LogP contribution in [0, 0.1) is 0 Å². The first-order valence-corrected chi connectivity index (χ1v) is 37.6. The minimum absolute atomic E-state index is 0.0114. The number of nitrogens with zero attached hydrogens (tertiary/aromatic N) is 1. The van der Waals surface area contributed by atoms with Gasteiger partial charge in [-0.25, -0.2) is 0 Å². The Morgan fingerprint density at radius 3 is 1.09 bits per heavy atom. The van der Waals surface area contributed by atoms with Crippen LogP contribution < -0.4 is 10.2 Å². The Kier molecular flexibility index (Phi) is 63.9. The second-order valence-corrected chi connectivity index (χ2v) is 27.0. The number of aliphatic hydroxyl groups excluding tert-OH is 1. The molecule has 0 aliphatic rings. The third kappa shape index (κ3) is 68.8. The summed E-state index contributed by atoms with van der Waals surface area (Å²) in [5.41, 5.74) is 0. The van der Waals surface area contributed by atoms with Gasteiger partial charge in [-0.3, -0.25) is 9.36 Å². The molecule has 0 aromatic heterocycles. The molecule has 3 atom stereocenters. The Bertz CT molecular complexity index is 1710. The highest BCUT2D eigenvalue weighted by molar-refractivity contribution is 7.45. The molecule has 0 aromatic carbocycles. The Labute approximate surface area is 528 Å². The third-order valence-corrected chi connectivity index (χ3v) is 17.0. The molecule has 0 heterocycles. The summed E-state index contributed by atoms with van der Waals surface area (Å²) in [6.45, 7) is 4.54. The van der Waals surface area contributed by atoms with Gasteiger partial charge in [-0.15, -0.1) is 0 Å². The molecule has 494 valence electrons. The molecule has 85 heavy (non-hydrogen) atoms. The summed E-state index contributed by atoms with van der Waals surface area (Å²) in [4.78, 5) is 25.6. The normalized spacial score (nSPS) is 14.2. The summed E-state index contributed by atoms with van der Waals surface area (Å²) in [6.07, 6.45) is 95.4. The fourth-order valence-corrected chi connectivity index (χ4v) is 11.2. The Morgan fingerprint density at radius 2 is 0.729 bits per heavy atom. The van der Waals surface area contributed by atoms with Crippen LogP contribution in [0.4, 0.5) is 0 Å². The number of carbonyl (C=O) groups is 1. The van der Waals surface area contributed by atoms with Gasteiger partial charge in [0.05, 0.1) is 39.9 Å². The first kappa shape index (κ1) is 82.4. The van der Waals surface area contributed by atoms with E-state index in [9.17, 15) is 19.4 Å². The molecular weight excluding hydrogens is 1070 g/mol. The van der Waals surface area contributed by atoms with E-state index in [1.54, 1.807) is 6.08 Å². The lowest BCUT2D eigenvalue weighted by molar-refractivity contribution is -0.870. The molecule has 1 amide bonds. The van der Waals surface area contributed by atoms with Crippen molar-refractivity contribution in [3.8, 4) is 0 Å². The zero-order valence-corrected chi connectivity index (χ0v) is 57.4. The van der Waals surface area contributed by atoms with Crippen molar-refractivity contribution in [3.05, 3.63) is 97.2 Å². The van der Waals surface area contributed by atoms with Gasteiger partial charge in [0, 0.05) is 6.42 Å². The number of aliphatic hydroxyl groups is 1. The summed E-state index contributed by atoms with van der Waals surface area (Å²) in [6, 6.07) is -0.916. The van der Waals surface area contributed by atoms with Crippen molar-refractivity contribution >= 4 is 13.7 Å². The average molecular weight is 1210 g/mol. The number of phosphoric ester groups is 1. The van der Waals surface area contributed by atoms with Crippen LogP contribution in [0.25, 0.3) is 0 Å². The summed E-state index contributed by atoms with van der Waals surface area (Å²) in [5.74, 6) is -0.210. The molecule has 0 rings (SSSR count). The topological polar surface area (TPSA) is 108 Å². The quantitative estimate of drug-likeness (QED) is 0.0272. The second kappa shape index (κ2) is 65.9. The van der Waals surface area contributed by atoms with Crippen molar-refractivity contribution in [1.29, 1.82) is 0 Å². The average Bonchev–Trinajstić information content (AvgIpc) is 3.49. The number of amides is 1. The maximum atomic E-state index is 13.0. The molecule has 9 heteroatoms. The molecule has 0 aromatic rings. The molecule has 0 aliphatic carbocycles. The number of nitrogens with one attached hydrogen (secondary N) is 1. The minimum Gasteiger partial charge on any atom is -0.756 e. The van der Waals surface area contributed by atoms with E-state index >= 15 is 0 Å². The van der Waals surface area contributed by atoms with E-state index in [1.165, 1.54) is 231 Å². The Hall–Kier alpha value is -2.58. The molecule has 3 unspecified atom stereocenters. The zero-order valence-electron chi connectivity index (χ0n) is 56.5. The molecule has 0 aliphatic heterocycles. The number of allylic oxidation sites excluding steroid dienone is 15. The number of hydrogen-bond acceptors (Lipinski definition) is 6. The van der Waals surface area contributed by atoms with Gasteiger partial charge in [-0.1, -0.05) is 329 Å². The summed E-state index contributed by atoms with van der Waals surface area (Å²) < 4.78 is 23.4. The first-order chi connectivity index (χ1) is 41.5. The van der Waals surface area contributed by atoms with Gasteiger partial charge < -0.3 is 28.8 Å². The number of phosphoric acid groups is 1. The standard InChI is InChI=1S/C76H139N2O6P/c1-6-8-10-12-14-16-18-20-22-24-26-28-30-32-34-36-38-39-40-42-44-46-48-50-52-54-56-58-60-62-64-66-68-70-76(80)77-74(73-84-85(81,82)83-72-71-78(3,4)5)75(79)69-67-65-63-61-59-57-55-53-51-49-47-45-43-41-37-35-33-31-29-27-25-23-21-19-17-15-13-11-9-7-2/h8,10,14,16,20,22,26,28,32,34,51,53,59,61,67,69,74-75,79H,6-7,9,11-13,15,17-19,21,23-25,27,29-31,33,35-50,52,54-58,60,62-66,68,70-73H2,1-5H3,(H-,77,80,81,82)/b10-8-,16-14-,22-20-,28-26-,34-32-,53-51+,61-59+,69-67+. The lowest BCUT2D eigenvalue weighted by atomic mass is 10.0. The molecule has 0 fully saturated rings. The van der Waals surface area contributed by atoms with E-state index in [-0.39, 0.29) is 12.5 Å². The van der Waals surface area contributed by atoms with Gasteiger partial charge in [0.15, 0.2) is 0 Å². The van der Waals surface area contributed by atoms with Crippen molar-refractivity contribution in [2.45, 2.75) is 341 Å². The SMILES string of the molecule is CC/C=C\C/C=C\C/C=C\C/C=C\C/C=C\CCCCCCCCCCCCCCCCCCCC(=O)NC(COP(=O)([O-])OCC[N+](C)(C)C)C(O)/C=C/CC/C=C/CC/C=C/CCCCCCCCCCCCCCCCCCCCCC. The summed E-state index contributed by atoms with van der Waals surface area (Å²) in [5, 5.41) is 13.9. The van der Waals surface area contributed by atoms with Crippen LogP contribution in [0.5, 0.6) is 0 Å². The molecule has 0 saturated carbocycles. The largest absolute Gasteiger partial charge is 0.756 e. The second-order valence-electron chi connectivity index (χ2n) is 25.5. The van der Waals surface area contributed by atoms with E-state index in [0.717, 1.165) is 77.0 Å². The van der Waals surface area contributed by atoms with E-state index in [2.05, 4.69) is 104 Å². The number of likely N-dealkylation sites (N-methyl/N-ethyl adjacent to an activating group) is 1. The molecule has 0 spiro atoms. The zero-order chi connectivity index (χ0) is 61.9. The first-order valence-electron chi connectivity index (χ1n) is 36.1. The molecule has 0 bridgehead atoms. The van der Waals surface area contributed by atoms with Crippen molar-refractivity contribution < 1.29 is 32.9 Å². The maximum absolute atomic E-state index is 13.0. The molecule has 8 nitrogen and oxygen atoms in total. The van der Waals surface area contributed by atoms with Crippen LogP contribution in [-0.2, 0) is 18.4 Å². The number of quaternary nitrogens is 1. The monoisotopic (exact) mass is 1210 g/mol. The molecule has 0 radical (unpaired) electrons. The van der Waals surface area contributed by atoms with Crippen LogP contribution in [0.1, 0.15) is 328 Å². The predicted octanol–water partition coefficient (Wildman–Crippen LogP) is 22.6. The minimum atomic E-state index is -4.62. The van der Waals surface area contributed by atoms with Crippen LogP contribution in [0.3, 0.4) is 0 Å². The number of hydrogen-bond donors (Lipinski definition) is 2. The van der Waals surface area contributed by atoms with Crippen LogP contribution in [0.15, 0.2) is 97.2 Å². The van der Waals surface area contributed by atoms with Gasteiger partial charge in [0.2, 0.25) is 5.91 Å². The third-order valence-electron chi connectivity index (χ3n) is 16.0. The molecular formula is C76H139N2O6P. The lowest BCUT2D eigenvalue weighted by Gasteiger charge is -2.29. The highest BCUT2D eigenvalue weighted by Crippen LogP contribution is 2.38. The van der Waals surface area contributed by atoms with Gasteiger partial charge in [-0.2, -0.15) is 0 Å². The smallest absolute Gasteiger partial charge is 0.268 e. The Morgan fingerprint density at radius 1 is 0.424 bits per heavy atom. The van der Waals surface area contributed by atoms with Gasteiger partial charge in [0.1, 0.15) is 13.2 Å². The molecule has 2 N–H and O–H groups in total. The van der Waals surface area contributed by atoms with Crippen molar-refractivity contribution in [2.24, 2.45) is 0 Å². The van der Waals surface area contributed by atoms with Crippen molar-refractivity contribution in [1.82, 2.24) is 5.32 Å². The lowest BCUT2D eigenvalue weighted by Crippen LogP contribution is -2.45. The van der Waals surface area contributed by atoms with Gasteiger partial charge in [-0.05, 0) is 89.9 Å². The van der Waals surface area contributed by atoms with E-state index in [4.69, 9.17) is 9.05 Å². The van der Waals surface area contributed by atoms with Crippen LogP contribution in [-0.4, -0.2) is 68.5 Å². The molecule has 0 saturated heterocycles. The number of rotatable bonds is 66. The van der Waals surface area contributed by atoms with Crippen LogP contribution in [0.2, 0.25) is 0 Å². The maximum Gasteiger partial charge on any atom is 0.268 e. The van der Waals surface area contributed by atoms with E-state index in [1.807, 2.05) is 27.2 Å². The fourth-order valence-electron chi connectivity index (χ4n) is 10.5. The fraction of sp³-hybridized carbons (Fsp3) is 0.776. The van der Waals surface area contributed by atoms with Crippen molar-refractivity contribution in [3.63, 3.8) is 0 Å². The van der Waals surface area contributed by atoms with E-state index in [0.29, 0.717) is 17.4 Å². The summed E-state index contributed by atoms with van der Waals surface area (Å²) >= 11 is 0. The van der Waals surface area contributed by atoms with Gasteiger partial charge in [0.25, 0.3) is 7.82 Å². The Balaban J connectivity index is 4.11. The summed E-state index contributed by atoms with van der Waals surface area (Å²) in [7, 11) is 1.24. The highest BCUT2D eigenvalue weighted by Gasteiger charge is 2.23. The van der Waals surface area contributed by atoms with Crippen molar-refractivity contribution in [2.75, 3.05) is 40.9 Å².